The van der Waals surface area contributed by atoms with Crippen LogP contribution < -0.4 is 5.73 Å². The van der Waals surface area contributed by atoms with Gasteiger partial charge < -0.3 is 5.73 Å². The van der Waals surface area contributed by atoms with Crippen molar-refractivity contribution < 1.29 is 0 Å². The van der Waals surface area contributed by atoms with Gasteiger partial charge >= 0.3 is 0 Å². The first-order chi connectivity index (χ1) is 5.99. The minimum absolute atomic E-state index is 0.0247. The molecular weight excluding hydrogens is 158 g/mol. The monoisotopic (exact) mass is 183 g/mol. The van der Waals surface area contributed by atoms with Gasteiger partial charge in [0.2, 0.25) is 0 Å². The first kappa shape index (κ1) is 11.0. The lowest BCUT2D eigenvalue weighted by atomic mass is 9.76. The zero-order chi connectivity index (χ0) is 9.90. The van der Waals surface area contributed by atoms with Crippen LogP contribution in [0.3, 0.4) is 0 Å². The van der Waals surface area contributed by atoms with Crippen molar-refractivity contribution in [3.8, 4) is 0 Å². The van der Waals surface area contributed by atoms with Crippen LogP contribution in [-0.2, 0) is 0 Å². The fourth-order valence-corrected chi connectivity index (χ4v) is 2.70. The van der Waals surface area contributed by atoms with Gasteiger partial charge in [-0.25, -0.2) is 0 Å². The topological polar surface area (TPSA) is 26.0 Å². The average molecular weight is 183 g/mol. The molecule has 78 valence electrons. The molecule has 1 fully saturated rings. The third-order valence-corrected chi connectivity index (χ3v) is 3.30. The molecule has 0 aromatic rings. The van der Waals surface area contributed by atoms with Crippen LogP contribution in [0.25, 0.3) is 0 Å². The average Bonchev–Trinajstić information content (AvgIpc) is 2.03. The molecule has 1 atom stereocenters. The zero-order valence-electron chi connectivity index (χ0n) is 9.47. The lowest BCUT2D eigenvalue weighted by Crippen LogP contribution is -2.35. The smallest absolute Gasteiger partial charge is 0.00996 e. The zero-order valence-corrected chi connectivity index (χ0v) is 9.47. The third-order valence-electron chi connectivity index (χ3n) is 3.30. The highest BCUT2D eigenvalue weighted by Gasteiger charge is 2.24. The Labute approximate surface area is 83.1 Å². The summed E-state index contributed by atoms with van der Waals surface area (Å²) in [5.41, 5.74) is 6.07. The van der Waals surface area contributed by atoms with E-state index in [9.17, 15) is 0 Å². The predicted octanol–water partition coefficient (Wildman–Crippen LogP) is 3.33. The molecule has 0 aliphatic heterocycles. The van der Waals surface area contributed by atoms with Crippen molar-refractivity contribution in [3.05, 3.63) is 0 Å². The molecule has 1 heteroatoms. The standard InChI is InChI=1S/C12H25N/c1-10(9-12(2,3)13)11-7-5-4-6-8-11/h10-11H,4-9,13H2,1-3H3. The van der Waals surface area contributed by atoms with Gasteiger partial charge in [-0.15, -0.1) is 0 Å². The summed E-state index contributed by atoms with van der Waals surface area (Å²) in [4.78, 5) is 0. The fourth-order valence-electron chi connectivity index (χ4n) is 2.70. The molecule has 0 aromatic carbocycles. The molecule has 1 aliphatic carbocycles. The van der Waals surface area contributed by atoms with Crippen molar-refractivity contribution >= 4 is 0 Å². The summed E-state index contributed by atoms with van der Waals surface area (Å²) < 4.78 is 0. The van der Waals surface area contributed by atoms with Crippen molar-refractivity contribution in [2.24, 2.45) is 17.6 Å². The Bertz CT molecular complexity index is 140. The quantitative estimate of drug-likeness (QED) is 0.713. The lowest BCUT2D eigenvalue weighted by Gasteiger charge is -2.32. The van der Waals surface area contributed by atoms with Gasteiger partial charge in [0.15, 0.2) is 0 Å². The first-order valence-electron chi connectivity index (χ1n) is 5.78. The van der Waals surface area contributed by atoms with E-state index in [-0.39, 0.29) is 5.54 Å². The maximum atomic E-state index is 6.04. The van der Waals surface area contributed by atoms with Crippen LogP contribution >= 0.6 is 0 Å². The van der Waals surface area contributed by atoms with E-state index in [0.717, 1.165) is 11.8 Å². The summed E-state index contributed by atoms with van der Waals surface area (Å²) in [6.07, 6.45) is 8.40. The van der Waals surface area contributed by atoms with Crippen LogP contribution in [0.4, 0.5) is 0 Å². The van der Waals surface area contributed by atoms with Crippen LogP contribution in [0.2, 0.25) is 0 Å². The van der Waals surface area contributed by atoms with Gasteiger partial charge in [0.1, 0.15) is 0 Å². The SMILES string of the molecule is CC(CC(C)(C)N)C1CCCCC1. The molecule has 0 aromatic heterocycles. The summed E-state index contributed by atoms with van der Waals surface area (Å²) in [6.45, 7) is 6.67. The van der Waals surface area contributed by atoms with Gasteiger partial charge in [0.25, 0.3) is 0 Å². The Morgan fingerprint density at radius 1 is 1.23 bits per heavy atom. The highest BCUT2D eigenvalue weighted by atomic mass is 14.7. The van der Waals surface area contributed by atoms with Crippen LogP contribution in [-0.4, -0.2) is 5.54 Å². The van der Waals surface area contributed by atoms with E-state index < -0.39 is 0 Å². The van der Waals surface area contributed by atoms with E-state index >= 15 is 0 Å². The summed E-state index contributed by atoms with van der Waals surface area (Å²) in [6, 6.07) is 0. The van der Waals surface area contributed by atoms with Crippen molar-refractivity contribution in [1.82, 2.24) is 0 Å². The Morgan fingerprint density at radius 2 is 1.77 bits per heavy atom. The highest BCUT2D eigenvalue weighted by molar-refractivity contribution is 4.79. The summed E-state index contributed by atoms with van der Waals surface area (Å²) >= 11 is 0. The molecule has 0 heterocycles. The summed E-state index contributed by atoms with van der Waals surface area (Å²) in [5.74, 6) is 1.77. The Morgan fingerprint density at radius 3 is 2.23 bits per heavy atom. The second-order valence-corrected chi connectivity index (χ2v) is 5.57. The van der Waals surface area contributed by atoms with Crippen LogP contribution in [0.1, 0.15) is 59.3 Å². The molecule has 1 saturated carbocycles. The lowest BCUT2D eigenvalue weighted by molar-refractivity contribution is 0.222. The van der Waals surface area contributed by atoms with Crippen molar-refractivity contribution in [2.75, 3.05) is 0 Å². The van der Waals surface area contributed by atoms with Gasteiger partial charge in [-0.1, -0.05) is 39.0 Å². The molecule has 1 nitrogen and oxygen atoms in total. The Hall–Kier alpha value is -0.0400. The largest absolute Gasteiger partial charge is 0.326 e. The van der Waals surface area contributed by atoms with Gasteiger partial charge in [0.05, 0.1) is 0 Å². The fraction of sp³-hybridized carbons (Fsp3) is 1.00. The van der Waals surface area contributed by atoms with Crippen molar-refractivity contribution in [1.29, 1.82) is 0 Å². The van der Waals surface area contributed by atoms with E-state index in [1.54, 1.807) is 0 Å². The first-order valence-corrected chi connectivity index (χ1v) is 5.78. The number of hydrogen-bond acceptors (Lipinski definition) is 1. The van der Waals surface area contributed by atoms with Gasteiger partial charge in [-0.3, -0.25) is 0 Å². The molecule has 0 amide bonds. The van der Waals surface area contributed by atoms with Crippen molar-refractivity contribution in [2.45, 2.75) is 64.8 Å². The van der Waals surface area contributed by atoms with Crippen LogP contribution in [0.5, 0.6) is 0 Å². The molecule has 0 radical (unpaired) electrons. The minimum Gasteiger partial charge on any atom is -0.326 e. The maximum Gasteiger partial charge on any atom is 0.00996 e. The molecule has 1 aliphatic rings. The van der Waals surface area contributed by atoms with E-state index in [0.29, 0.717) is 0 Å². The minimum atomic E-state index is 0.0247. The number of rotatable bonds is 3. The van der Waals surface area contributed by atoms with E-state index in [1.165, 1.54) is 38.5 Å². The predicted molar refractivity (Wildman–Crippen MR) is 58.6 cm³/mol. The van der Waals surface area contributed by atoms with E-state index in [4.69, 9.17) is 5.73 Å². The Kier molecular flexibility index (Phi) is 3.78. The molecule has 1 rings (SSSR count). The molecule has 0 spiro atoms. The molecule has 1 unspecified atom stereocenters. The molecule has 0 saturated heterocycles. The molecular formula is C12H25N. The second-order valence-electron chi connectivity index (χ2n) is 5.57. The summed E-state index contributed by atoms with van der Waals surface area (Å²) in [7, 11) is 0. The van der Waals surface area contributed by atoms with Crippen LogP contribution in [0.15, 0.2) is 0 Å². The molecule has 0 bridgehead atoms. The number of hydrogen-bond donors (Lipinski definition) is 1. The van der Waals surface area contributed by atoms with Gasteiger partial charge in [-0.05, 0) is 32.1 Å². The summed E-state index contributed by atoms with van der Waals surface area (Å²) in [5, 5.41) is 0. The Balaban J connectivity index is 2.33. The van der Waals surface area contributed by atoms with Crippen LogP contribution in [0, 0.1) is 11.8 Å². The van der Waals surface area contributed by atoms with Gasteiger partial charge in [0, 0.05) is 5.54 Å². The van der Waals surface area contributed by atoms with E-state index in [2.05, 4.69) is 20.8 Å². The van der Waals surface area contributed by atoms with Gasteiger partial charge in [-0.2, -0.15) is 0 Å². The molecule has 13 heavy (non-hydrogen) atoms. The normalized spacial score (nSPS) is 23.1. The third kappa shape index (κ3) is 4.12. The van der Waals surface area contributed by atoms with E-state index in [1.807, 2.05) is 0 Å². The van der Waals surface area contributed by atoms with Crippen molar-refractivity contribution in [3.63, 3.8) is 0 Å². The number of nitrogens with two attached hydrogens (primary N) is 1. The molecule has 2 N–H and O–H groups in total. The maximum absolute atomic E-state index is 6.04. The second kappa shape index (κ2) is 4.45. The highest BCUT2D eigenvalue weighted by Crippen LogP contribution is 2.33.